The van der Waals surface area contributed by atoms with Crippen LogP contribution in [0.2, 0.25) is 0 Å². The molecule has 3 nitrogen and oxygen atoms in total. The van der Waals surface area contributed by atoms with Crippen LogP contribution in [0.5, 0.6) is 0 Å². The van der Waals surface area contributed by atoms with Crippen molar-refractivity contribution in [3.8, 4) is 0 Å². The van der Waals surface area contributed by atoms with E-state index in [2.05, 4.69) is 6.92 Å². The second-order valence-corrected chi connectivity index (χ2v) is 3.94. The summed E-state index contributed by atoms with van der Waals surface area (Å²) in [7, 11) is 0. The smallest absolute Gasteiger partial charge is 0.341 e. The Balaban J connectivity index is 2.44. The third-order valence-corrected chi connectivity index (χ3v) is 2.44. The monoisotopic (exact) mass is 239 g/mol. The lowest BCUT2D eigenvalue weighted by atomic mass is 10.2. The number of nitrogen functional groups attached to an aromatic ring is 1. The van der Waals surface area contributed by atoms with Crippen LogP contribution >= 0.6 is 0 Å². The predicted octanol–water partition coefficient (Wildman–Crippen LogP) is 3.15. The number of carbonyl (C=O) groups excluding carboxylic acids is 1. The minimum absolute atomic E-state index is 0.0968. The Hall–Kier alpha value is -1.58. The first-order chi connectivity index (χ1) is 8.15. The number of halogens is 1. The van der Waals surface area contributed by atoms with Crippen LogP contribution < -0.4 is 5.73 Å². The van der Waals surface area contributed by atoms with Crippen molar-refractivity contribution >= 4 is 11.7 Å². The topological polar surface area (TPSA) is 52.3 Å². The Morgan fingerprint density at radius 2 is 2.12 bits per heavy atom. The van der Waals surface area contributed by atoms with Crippen molar-refractivity contribution in [2.24, 2.45) is 0 Å². The molecule has 17 heavy (non-hydrogen) atoms. The van der Waals surface area contributed by atoms with Crippen molar-refractivity contribution in [1.82, 2.24) is 0 Å². The molecule has 0 amide bonds. The molecule has 2 N–H and O–H groups in total. The van der Waals surface area contributed by atoms with E-state index in [1.54, 1.807) is 0 Å². The van der Waals surface area contributed by atoms with Gasteiger partial charge in [-0.3, -0.25) is 0 Å². The van der Waals surface area contributed by atoms with Gasteiger partial charge < -0.3 is 10.5 Å². The second kappa shape index (κ2) is 6.89. The van der Waals surface area contributed by atoms with Crippen molar-refractivity contribution < 1.29 is 13.9 Å². The largest absolute Gasteiger partial charge is 0.462 e. The molecular formula is C13H18FNO2. The van der Waals surface area contributed by atoms with Gasteiger partial charge in [-0.25, -0.2) is 9.18 Å². The maximum absolute atomic E-state index is 13.3. The number of hydrogen-bond acceptors (Lipinski definition) is 3. The van der Waals surface area contributed by atoms with Crippen LogP contribution in [0, 0.1) is 5.82 Å². The van der Waals surface area contributed by atoms with Gasteiger partial charge in [-0.1, -0.05) is 26.2 Å². The molecule has 4 heteroatoms. The molecule has 0 atom stereocenters. The highest BCUT2D eigenvalue weighted by Crippen LogP contribution is 2.13. The van der Waals surface area contributed by atoms with Crippen molar-refractivity contribution in [1.29, 1.82) is 0 Å². The Labute approximate surface area is 101 Å². The molecule has 0 unspecified atom stereocenters. The average molecular weight is 239 g/mol. The van der Waals surface area contributed by atoms with Crippen LogP contribution in [0.15, 0.2) is 18.2 Å². The number of hydrogen-bond donors (Lipinski definition) is 1. The summed E-state index contributed by atoms with van der Waals surface area (Å²) in [6.07, 6.45) is 4.06. The molecule has 0 radical (unpaired) electrons. The number of carbonyl (C=O) groups is 1. The van der Waals surface area contributed by atoms with E-state index < -0.39 is 11.8 Å². The molecule has 0 bridgehead atoms. The van der Waals surface area contributed by atoms with E-state index in [-0.39, 0.29) is 5.56 Å². The van der Waals surface area contributed by atoms with Gasteiger partial charge in [-0.2, -0.15) is 0 Å². The summed E-state index contributed by atoms with van der Waals surface area (Å²) < 4.78 is 18.3. The van der Waals surface area contributed by atoms with Gasteiger partial charge in [-0.15, -0.1) is 0 Å². The zero-order valence-electron chi connectivity index (χ0n) is 10.0. The van der Waals surface area contributed by atoms with Crippen LogP contribution in [-0.4, -0.2) is 12.6 Å². The number of rotatable bonds is 6. The van der Waals surface area contributed by atoms with Crippen molar-refractivity contribution in [3.05, 3.63) is 29.6 Å². The first-order valence-electron chi connectivity index (χ1n) is 5.87. The zero-order valence-corrected chi connectivity index (χ0v) is 10.0. The molecule has 0 saturated heterocycles. The standard InChI is InChI=1S/C13H18FNO2/c1-2-3-4-5-8-17-13(16)11-9-10(15)6-7-12(11)14/h6-7,9H,2-5,8,15H2,1H3. The molecule has 0 fully saturated rings. The van der Waals surface area contributed by atoms with Gasteiger partial charge >= 0.3 is 5.97 Å². The fraction of sp³-hybridized carbons (Fsp3) is 0.462. The van der Waals surface area contributed by atoms with Gasteiger partial charge in [0.05, 0.1) is 12.2 Å². The highest BCUT2D eigenvalue weighted by molar-refractivity contribution is 5.90. The Morgan fingerprint density at radius 1 is 1.35 bits per heavy atom. The maximum Gasteiger partial charge on any atom is 0.341 e. The van der Waals surface area contributed by atoms with E-state index >= 15 is 0 Å². The first kappa shape index (κ1) is 13.5. The van der Waals surface area contributed by atoms with Gasteiger partial charge in [0.15, 0.2) is 0 Å². The summed E-state index contributed by atoms with van der Waals surface area (Å²) in [5.74, 6) is -1.25. The van der Waals surface area contributed by atoms with Gasteiger partial charge in [0.2, 0.25) is 0 Å². The normalized spacial score (nSPS) is 10.2. The van der Waals surface area contributed by atoms with E-state index in [0.29, 0.717) is 12.3 Å². The number of esters is 1. The lowest BCUT2D eigenvalue weighted by molar-refractivity contribution is 0.0492. The van der Waals surface area contributed by atoms with E-state index in [9.17, 15) is 9.18 Å². The molecular weight excluding hydrogens is 221 g/mol. The van der Waals surface area contributed by atoms with Gasteiger partial charge in [0, 0.05) is 5.69 Å². The summed E-state index contributed by atoms with van der Waals surface area (Å²) >= 11 is 0. The Morgan fingerprint density at radius 3 is 2.82 bits per heavy atom. The minimum atomic E-state index is -0.647. The lowest BCUT2D eigenvalue weighted by Gasteiger charge is -2.06. The summed E-state index contributed by atoms with van der Waals surface area (Å²) in [6.45, 7) is 2.43. The van der Waals surface area contributed by atoms with Crippen molar-refractivity contribution in [2.45, 2.75) is 32.6 Å². The maximum atomic E-state index is 13.3. The SMILES string of the molecule is CCCCCCOC(=O)c1cc(N)ccc1F. The van der Waals surface area contributed by atoms with Crippen LogP contribution in [0.4, 0.5) is 10.1 Å². The molecule has 1 rings (SSSR count). The highest BCUT2D eigenvalue weighted by Gasteiger charge is 2.13. The van der Waals surface area contributed by atoms with Crippen LogP contribution in [-0.2, 0) is 4.74 Å². The van der Waals surface area contributed by atoms with Gasteiger partial charge in [-0.05, 0) is 24.6 Å². The molecule has 0 saturated carbocycles. The Bertz CT molecular complexity index is 380. The summed E-state index contributed by atoms with van der Waals surface area (Å²) in [4.78, 5) is 11.5. The third-order valence-electron chi connectivity index (χ3n) is 2.44. The average Bonchev–Trinajstić information content (AvgIpc) is 2.32. The number of unbranched alkanes of at least 4 members (excludes halogenated alkanes) is 3. The molecule has 0 aliphatic heterocycles. The molecule has 0 aliphatic carbocycles. The number of nitrogens with two attached hydrogens (primary N) is 1. The fourth-order valence-corrected chi connectivity index (χ4v) is 1.47. The molecule has 1 aromatic rings. The highest BCUT2D eigenvalue weighted by atomic mass is 19.1. The number of ether oxygens (including phenoxy) is 1. The molecule has 0 aliphatic rings. The number of anilines is 1. The van der Waals surface area contributed by atoms with Crippen molar-refractivity contribution in [2.75, 3.05) is 12.3 Å². The number of benzene rings is 1. The summed E-state index contributed by atoms with van der Waals surface area (Å²) in [5.41, 5.74) is 5.74. The zero-order chi connectivity index (χ0) is 12.7. The summed E-state index contributed by atoms with van der Waals surface area (Å²) in [6, 6.07) is 3.88. The minimum Gasteiger partial charge on any atom is -0.462 e. The van der Waals surface area contributed by atoms with Crippen LogP contribution in [0.3, 0.4) is 0 Å². The predicted molar refractivity (Wildman–Crippen MR) is 65.2 cm³/mol. The van der Waals surface area contributed by atoms with E-state index in [0.717, 1.165) is 25.7 Å². The summed E-state index contributed by atoms with van der Waals surface area (Å²) in [5, 5.41) is 0. The third kappa shape index (κ3) is 4.43. The quantitative estimate of drug-likeness (QED) is 0.471. The van der Waals surface area contributed by atoms with Crippen LogP contribution in [0.25, 0.3) is 0 Å². The molecule has 1 aromatic carbocycles. The van der Waals surface area contributed by atoms with E-state index in [1.165, 1.54) is 18.2 Å². The van der Waals surface area contributed by atoms with Crippen LogP contribution in [0.1, 0.15) is 43.0 Å². The van der Waals surface area contributed by atoms with E-state index in [1.807, 2.05) is 0 Å². The fourth-order valence-electron chi connectivity index (χ4n) is 1.47. The first-order valence-corrected chi connectivity index (χ1v) is 5.87. The molecule has 0 aromatic heterocycles. The molecule has 0 heterocycles. The second-order valence-electron chi connectivity index (χ2n) is 3.94. The van der Waals surface area contributed by atoms with Crippen molar-refractivity contribution in [3.63, 3.8) is 0 Å². The lowest BCUT2D eigenvalue weighted by Crippen LogP contribution is -2.09. The van der Waals surface area contributed by atoms with Gasteiger partial charge in [0.25, 0.3) is 0 Å². The Kier molecular flexibility index (Phi) is 5.46. The molecule has 94 valence electrons. The molecule has 0 spiro atoms. The van der Waals surface area contributed by atoms with Gasteiger partial charge in [0.1, 0.15) is 5.82 Å². The van der Waals surface area contributed by atoms with E-state index in [4.69, 9.17) is 10.5 Å².